The SMILES string of the molecule is COCCOCCn1nnnc1-c1ccc(N)cc1OC. The van der Waals surface area contributed by atoms with Crippen molar-refractivity contribution in [2.24, 2.45) is 0 Å². The van der Waals surface area contributed by atoms with Crippen molar-refractivity contribution >= 4 is 5.69 Å². The molecule has 2 N–H and O–H groups in total. The van der Waals surface area contributed by atoms with Crippen LogP contribution in [0.4, 0.5) is 5.69 Å². The number of methoxy groups -OCH3 is 2. The molecule has 1 aromatic heterocycles. The Labute approximate surface area is 122 Å². The van der Waals surface area contributed by atoms with Gasteiger partial charge in [0.15, 0.2) is 5.82 Å². The van der Waals surface area contributed by atoms with Crippen LogP contribution in [-0.4, -0.2) is 54.2 Å². The second-order valence-corrected chi connectivity index (χ2v) is 4.29. The molecule has 0 saturated heterocycles. The van der Waals surface area contributed by atoms with Gasteiger partial charge < -0.3 is 19.9 Å². The average molecular weight is 293 g/mol. The maximum Gasteiger partial charge on any atom is 0.185 e. The summed E-state index contributed by atoms with van der Waals surface area (Å²) in [6, 6.07) is 5.36. The van der Waals surface area contributed by atoms with Gasteiger partial charge in [0.2, 0.25) is 0 Å². The Morgan fingerprint density at radius 3 is 2.81 bits per heavy atom. The molecule has 0 spiro atoms. The minimum absolute atomic E-state index is 0.499. The third kappa shape index (κ3) is 3.89. The van der Waals surface area contributed by atoms with E-state index in [0.29, 0.717) is 43.6 Å². The topological polar surface area (TPSA) is 97.3 Å². The summed E-state index contributed by atoms with van der Waals surface area (Å²) < 4.78 is 17.3. The van der Waals surface area contributed by atoms with Crippen LogP contribution in [-0.2, 0) is 16.0 Å². The van der Waals surface area contributed by atoms with E-state index in [9.17, 15) is 0 Å². The minimum atomic E-state index is 0.499. The fraction of sp³-hybridized carbons (Fsp3) is 0.462. The molecule has 0 fully saturated rings. The maximum absolute atomic E-state index is 5.75. The van der Waals surface area contributed by atoms with Crippen LogP contribution in [0.3, 0.4) is 0 Å². The highest BCUT2D eigenvalue weighted by atomic mass is 16.5. The normalized spacial score (nSPS) is 10.8. The van der Waals surface area contributed by atoms with E-state index in [1.165, 1.54) is 0 Å². The quantitative estimate of drug-likeness (QED) is 0.562. The number of hydrogen-bond donors (Lipinski definition) is 1. The molecule has 0 unspecified atom stereocenters. The zero-order valence-electron chi connectivity index (χ0n) is 12.2. The maximum atomic E-state index is 5.75. The fourth-order valence-corrected chi connectivity index (χ4v) is 1.84. The highest BCUT2D eigenvalue weighted by Gasteiger charge is 2.14. The average Bonchev–Trinajstić information content (AvgIpc) is 2.95. The number of nitrogens with zero attached hydrogens (tertiary/aromatic N) is 4. The van der Waals surface area contributed by atoms with Gasteiger partial charge in [-0.2, -0.15) is 0 Å². The first kappa shape index (κ1) is 15.2. The number of nitrogens with two attached hydrogens (primary N) is 1. The number of tetrazole rings is 1. The Hall–Kier alpha value is -2.19. The number of rotatable bonds is 8. The molecule has 0 saturated carbocycles. The molecule has 21 heavy (non-hydrogen) atoms. The van der Waals surface area contributed by atoms with Gasteiger partial charge >= 0.3 is 0 Å². The lowest BCUT2D eigenvalue weighted by molar-refractivity contribution is 0.0654. The van der Waals surface area contributed by atoms with Crippen molar-refractivity contribution in [2.45, 2.75) is 6.54 Å². The van der Waals surface area contributed by atoms with Gasteiger partial charge in [0.1, 0.15) is 5.75 Å². The van der Waals surface area contributed by atoms with Crippen molar-refractivity contribution in [3.05, 3.63) is 18.2 Å². The molecule has 8 heteroatoms. The van der Waals surface area contributed by atoms with Crippen molar-refractivity contribution in [1.29, 1.82) is 0 Å². The molecule has 2 rings (SSSR count). The van der Waals surface area contributed by atoms with E-state index in [2.05, 4.69) is 15.5 Å². The van der Waals surface area contributed by atoms with Crippen LogP contribution in [0.15, 0.2) is 18.2 Å². The summed E-state index contributed by atoms with van der Waals surface area (Å²) in [4.78, 5) is 0. The van der Waals surface area contributed by atoms with Gasteiger partial charge in [0.25, 0.3) is 0 Å². The van der Waals surface area contributed by atoms with Gasteiger partial charge in [-0.3, -0.25) is 0 Å². The third-order valence-corrected chi connectivity index (χ3v) is 2.88. The largest absolute Gasteiger partial charge is 0.496 e. The highest BCUT2D eigenvalue weighted by molar-refractivity contribution is 5.67. The molecular formula is C13H19N5O3. The van der Waals surface area contributed by atoms with E-state index >= 15 is 0 Å². The predicted octanol–water partition coefficient (Wildman–Crippen LogP) is 0.594. The van der Waals surface area contributed by atoms with Crippen LogP contribution < -0.4 is 10.5 Å². The van der Waals surface area contributed by atoms with E-state index in [4.69, 9.17) is 19.9 Å². The zero-order chi connectivity index (χ0) is 15.1. The van der Waals surface area contributed by atoms with Gasteiger partial charge in [0.05, 0.1) is 39.0 Å². The summed E-state index contributed by atoms with van der Waals surface area (Å²) in [6.07, 6.45) is 0. The van der Waals surface area contributed by atoms with Crippen LogP contribution in [0.5, 0.6) is 5.75 Å². The number of hydrogen-bond acceptors (Lipinski definition) is 7. The third-order valence-electron chi connectivity index (χ3n) is 2.88. The number of aromatic nitrogens is 4. The van der Waals surface area contributed by atoms with Crippen LogP contribution in [0.2, 0.25) is 0 Å². The fourth-order valence-electron chi connectivity index (χ4n) is 1.84. The highest BCUT2D eigenvalue weighted by Crippen LogP contribution is 2.29. The van der Waals surface area contributed by atoms with E-state index in [1.54, 1.807) is 31.0 Å². The summed E-state index contributed by atoms with van der Waals surface area (Å²) in [7, 11) is 3.22. The molecule has 0 bridgehead atoms. The van der Waals surface area contributed by atoms with E-state index in [0.717, 1.165) is 5.56 Å². The molecule has 114 valence electrons. The molecular weight excluding hydrogens is 274 g/mol. The minimum Gasteiger partial charge on any atom is -0.496 e. The van der Waals surface area contributed by atoms with Crippen LogP contribution in [0.1, 0.15) is 0 Å². The molecule has 2 aromatic rings. The first-order chi connectivity index (χ1) is 10.3. The van der Waals surface area contributed by atoms with Crippen molar-refractivity contribution in [1.82, 2.24) is 20.2 Å². The van der Waals surface area contributed by atoms with E-state index in [1.807, 2.05) is 6.07 Å². The molecule has 0 aliphatic heterocycles. The smallest absolute Gasteiger partial charge is 0.185 e. The van der Waals surface area contributed by atoms with E-state index < -0.39 is 0 Å². The van der Waals surface area contributed by atoms with Crippen molar-refractivity contribution < 1.29 is 14.2 Å². The molecule has 0 radical (unpaired) electrons. The molecule has 1 aromatic carbocycles. The van der Waals surface area contributed by atoms with Gasteiger partial charge in [-0.1, -0.05) is 0 Å². The lowest BCUT2D eigenvalue weighted by Crippen LogP contribution is -2.11. The summed E-state index contributed by atoms with van der Waals surface area (Å²) in [5.41, 5.74) is 7.16. The Bertz CT molecular complexity index is 573. The number of ether oxygens (including phenoxy) is 3. The molecule has 0 amide bonds. The first-order valence-electron chi connectivity index (χ1n) is 6.53. The lowest BCUT2D eigenvalue weighted by atomic mass is 10.1. The number of benzene rings is 1. The van der Waals surface area contributed by atoms with E-state index in [-0.39, 0.29) is 0 Å². The van der Waals surface area contributed by atoms with Gasteiger partial charge in [-0.05, 0) is 22.6 Å². The first-order valence-corrected chi connectivity index (χ1v) is 6.53. The summed E-state index contributed by atoms with van der Waals surface area (Å²) in [5, 5.41) is 11.7. The van der Waals surface area contributed by atoms with Crippen molar-refractivity contribution in [2.75, 3.05) is 39.8 Å². The molecule has 1 heterocycles. The number of anilines is 1. The van der Waals surface area contributed by atoms with Crippen LogP contribution in [0.25, 0.3) is 11.4 Å². The van der Waals surface area contributed by atoms with Crippen molar-refractivity contribution in [3.8, 4) is 17.1 Å². The molecule has 0 aliphatic rings. The van der Waals surface area contributed by atoms with Crippen LogP contribution >= 0.6 is 0 Å². The van der Waals surface area contributed by atoms with Crippen molar-refractivity contribution in [3.63, 3.8) is 0 Å². The number of nitrogen functional groups attached to an aromatic ring is 1. The summed E-state index contributed by atoms with van der Waals surface area (Å²) in [5.74, 6) is 1.24. The predicted molar refractivity (Wildman–Crippen MR) is 76.9 cm³/mol. The summed E-state index contributed by atoms with van der Waals surface area (Å²) >= 11 is 0. The summed E-state index contributed by atoms with van der Waals surface area (Å²) in [6.45, 7) is 2.14. The lowest BCUT2D eigenvalue weighted by Gasteiger charge is -2.09. The van der Waals surface area contributed by atoms with Gasteiger partial charge in [0, 0.05) is 18.9 Å². The second kappa shape index (κ2) is 7.55. The second-order valence-electron chi connectivity index (χ2n) is 4.29. The Kier molecular flexibility index (Phi) is 5.47. The van der Waals surface area contributed by atoms with Gasteiger partial charge in [-0.15, -0.1) is 5.10 Å². The molecule has 0 aliphatic carbocycles. The standard InChI is InChI=1S/C13H19N5O3/c1-19-7-8-21-6-5-18-13(15-16-17-18)11-4-3-10(14)9-12(11)20-2/h3-4,9H,5-8,14H2,1-2H3. The van der Waals surface area contributed by atoms with Crippen LogP contribution in [0, 0.1) is 0 Å². The zero-order valence-corrected chi connectivity index (χ0v) is 12.2. The monoisotopic (exact) mass is 293 g/mol. The molecule has 0 atom stereocenters. The Morgan fingerprint density at radius 1 is 1.19 bits per heavy atom. The Balaban J connectivity index is 2.09. The van der Waals surface area contributed by atoms with Gasteiger partial charge in [-0.25, -0.2) is 4.68 Å². The Morgan fingerprint density at radius 2 is 2.05 bits per heavy atom. The molecule has 8 nitrogen and oxygen atoms in total.